The van der Waals surface area contributed by atoms with Crippen LogP contribution in [0, 0.1) is 0 Å². The van der Waals surface area contributed by atoms with Crippen LogP contribution in [-0.2, 0) is 6.54 Å². The highest BCUT2D eigenvalue weighted by Gasteiger charge is 2.21. The molecule has 0 radical (unpaired) electrons. The molecule has 0 aromatic heterocycles. The van der Waals surface area contributed by atoms with Crippen LogP contribution in [0.25, 0.3) is 0 Å². The molecular weight excluding hydrogens is 244 g/mol. The van der Waals surface area contributed by atoms with Crippen molar-refractivity contribution in [3.8, 4) is 11.5 Å². The highest BCUT2D eigenvalue weighted by molar-refractivity contribution is 7.80. The minimum Gasteiger partial charge on any atom is -0.455 e. The molecule has 0 spiro atoms. The summed E-state index contributed by atoms with van der Waals surface area (Å²) in [7, 11) is 0. The summed E-state index contributed by atoms with van der Waals surface area (Å²) in [6.45, 7) is 0.628. The first-order valence-electron chi connectivity index (χ1n) is 5.67. The highest BCUT2D eigenvalue weighted by Crippen LogP contribution is 2.38. The molecule has 0 atom stereocenters. The van der Waals surface area contributed by atoms with Gasteiger partial charge in [0.05, 0.1) is 12.2 Å². The van der Waals surface area contributed by atoms with Gasteiger partial charge in [-0.15, -0.1) is 0 Å². The standard InChI is InChI=1S/C14H12N2OS/c15-14(18)16-9-10-5-1-3-7-12(10)17-13-8-4-2-6-11(13)16/h1-8H,9H2,(H2,15,18). The van der Waals surface area contributed by atoms with Gasteiger partial charge in [-0.25, -0.2) is 0 Å². The molecule has 0 aliphatic carbocycles. The maximum Gasteiger partial charge on any atom is 0.171 e. The van der Waals surface area contributed by atoms with Gasteiger partial charge in [0.15, 0.2) is 10.9 Å². The molecule has 2 aromatic carbocycles. The maximum absolute atomic E-state index is 5.93. The van der Waals surface area contributed by atoms with Gasteiger partial charge in [-0.1, -0.05) is 30.3 Å². The predicted octanol–water partition coefficient (Wildman–Crippen LogP) is 3.04. The van der Waals surface area contributed by atoms with Crippen molar-refractivity contribution >= 4 is 23.0 Å². The Labute approximate surface area is 111 Å². The molecule has 1 heterocycles. The first kappa shape index (κ1) is 11.0. The van der Waals surface area contributed by atoms with Gasteiger partial charge in [0.25, 0.3) is 0 Å². The molecular formula is C14H12N2OS. The number of rotatable bonds is 0. The Morgan fingerprint density at radius 2 is 1.72 bits per heavy atom. The third-order valence-electron chi connectivity index (χ3n) is 2.94. The molecule has 4 heteroatoms. The summed E-state index contributed by atoms with van der Waals surface area (Å²) >= 11 is 5.13. The lowest BCUT2D eigenvalue weighted by Gasteiger charge is -2.21. The topological polar surface area (TPSA) is 38.5 Å². The number of ether oxygens (including phenoxy) is 1. The highest BCUT2D eigenvalue weighted by atomic mass is 32.1. The second kappa shape index (κ2) is 4.31. The minimum atomic E-state index is 0.350. The van der Waals surface area contributed by atoms with E-state index in [2.05, 4.69) is 0 Å². The van der Waals surface area contributed by atoms with Crippen molar-refractivity contribution in [3.05, 3.63) is 54.1 Å². The van der Waals surface area contributed by atoms with Crippen LogP contribution in [0.1, 0.15) is 5.56 Å². The number of hydrogen-bond donors (Lipinski definition) is 1. The summed E-state index contributed by atoms with van der Waals surface area (Å²) in [5.41, 5.74) is 7.79. The van der Waals surface area contributed by atoms with Crippen LogP contribution in [0.15, 0.2) is 48.5 Å². The minimum absolute atomic E-state index is 0.350. The fraction of sp³-hybridized carbons (Fsp3) is 0.0714. The molecule has 0 amide bonds. The van der Waals surface area contributed by atoms with Crippen molar-refractivity contribution < 1.29 is 4.74 Å². The first-order valence-corrected chi connectivity index (χ1v) is 6.08. The van der Waals surface area contributed by atoms with Gasteiger partial charge in [0, 0.05) is 5.56 Å². The molecule has 3 nitrogen and oxygen atoms in total. The van der Waals surface area contributed by atoms with E-state index in [0.717, 1.165) is 22.7 Å². The molecule has 0 saturated heterocycles. The van der Waals surface area contributed by atoms with E-state index in [4.69, 9.17) is 22.7 Å². The molecule has 18 heavy (non-hydrogen) atoms. The normalized spacial score (nSPS) is 13.0. The fourth-order valence-electron chi connectivity index (χ4n) is 2.07. The van der Waals surface area contributed by atoms with Crippen LogP contribution in [0.2, 0.25) is 0 Å². The maximum atomic E-state index is 5.93. The van der Waals surface area contributed by atoms with E-state index in [1.165, 1.54) is 0 Å². The van der Waals surface area contributed by atoms with Crippen LogP contribution < -0.4 is 15.4 Å². The molecule has 90 valence electrons. The number of hydrogen-bond acceptors (Lipinski definition) is 2. The lowest BCUT2D eigenvalue weighted by Crippen LogP contribution is -2.34. The predicted molar refractivity (Wildman–Crippen MR) is 75.9 cm³/mol. The average Bonchev–Trinajstić information content (AvgIpc) is 2.55. The number of anilines is 1. The summed E-state index contributed by atoms with van der Waals surface area (Å²) in [6.07, 6.45) is 0. The number of benzene rings is 2. The van der Waals surface area contributed by atoms with E-state index in [9.17, 15) is 0 Å². The Bertz CT molecular complexity index is 612. The molecule has 0 unspecified atom stereocenters. The number of para-hydroxylation sites is 3. The monoisotopic (exact) mass is 256 g/mol. The van der Waals surface area contributed by atoms with Gasteiger partial charge in [0.2, 0.25) is 0 Å². The summed E-state index contributed by atoms with van der Waals surface area (Å²) in [6, 6.07) is 15.7. The number of nitrogens with two attached hydrogens (primary N) is 1. The SMILES string of the molecule is NC(=S)N1Cc2ccccc2Oc2ccccc21. The smallest absolute Gasteiger partial charge is 0.171 e. The molecule has 3 rings (SSSR count). The van der Waals surface area contributed by atoms with E-state index in [1.54, 1.807) is 0 Å². The van der Waals surface area contributed by atoms with Crippen molar-refractivity contribution in [3.63, 3.8) is 0 Å². The van der Waals surface area contributed by atoms with Crippen LogP contribution >= 0.6 is 12.2 Å². The van der Waals surface area contributed by atoms with Crippen molar-refractivity contribution in [1.29, 1.82) is 0 Å². The van der Waals surface area contributed by atoms with Gasteiger partial charge >= 0.3 is 0 Å². The molecule has 2 aromatic rings. The third-order valence-corrected chi connectivity index (χ3v) is 3.16. The van der Waals surface area contributed by atoms with Gasteiger partial charge in [0.1, 0.15) is 5.75 Å². The molecule has 0 saturated carbocycles. The molecule has 0 fully saturated rings. The molecule has 1 aliphatic heterocycles. The number of thiocarbonyl (C=S) groups is 1. The zero-order valence-electron chi connectivity index (χ0n) is 9.67. The Morgan fingerprint density at radius 3 is 2.50 bits per heavy atom. The summed E-state index contributed by atoms with van der Waals surface area (Å²) < 4.78 is 5.93. The van der Waals surface area contributed by atoms with Gasteiger partial charge in [-0.05, 0) is 30.4 Å². The van der Waals surface area contributed by atoms with Crippen molar-refractivity contribution in [1.82, 2.24) is 0 Å². The number of nitrogens with zero attached hydrogens (tertiary/aromatic N) is 1. The largest absolute Gasteiger partial charge is 0.455 e. The van der Waals surface area contributed by atoms with Crippen molar-refractivity contribution in [2.75, 3.05) is 4.90 Å². The number of fused-ring (bicyclic) bond motifs is 2. The van der Waals surface area contributed by atoms with Crippen LogP contribution in [0.4, 0.5) is 5.69 Å². The second-order valence-corrected chi connectivity index (χ2v) is 4.52. The second-order valence-electron chi connectivity index (χ2n) is 4.10. The first-order chi connectivity index (χ1) is 8.75. The Morgan fingerprint density at radius 1 is 1.06 bits per heavy atom. The van der Waals surface area contributed by atoms with E-state index in [0.29, 0.717) is 11.7 Å². The van der Waals surface area contributed by atoms with E-state index < -0.39 is 0 Å². The summed E-state index contributed by atoms with van der Waals surface area (Å²) in [5, 5.41) is 0.350. The summed E-state index contributed by atoms with van der Waals surface area (Å²) in [4.78, 5) is 1.89. The zero-order chi connectivity index (χ0) is 12.5. The summed E-state index contributed by atoms with van der Waals surface area (Å²) in [5.74, 6) is 1.62. The van der Waals surface area contributed by atoms with E-state index >= 15 is 0 Å². The molecule has 1 aliphatic rings. The lowest BCUT2D eigenvalue weighted by molar-refractivity contribution is 0.484. The Kier molecular flexibility index (Phi) is 2.64. The van der Waals surface area contributed by atoms with Crippen molar-refractivity contribution in [2.24, 2.45) is 5.73 Å². The Hall–Kier alpha value is -2.07. The molecule has 0 bridgehead atoms. The van der Waals surface area contributed by atoms with Crippen LogP contribution in [0.5, 0.6) is 11.5 Å². The third kappa shape index (κ3) is 1.80. The fourth-order valence-corrected chi connectivity index (χ4v) is 2.23. The van der Waals surface area contributed by atoms with Gasteiger partial charge in [-0.2, -0.15) is 0 Å². The van der Waals surface area contributed by atoms with Gasteiger partial charge in [-0.3, -0.25) is 0 Å². The van der Waals surface area contributed by atoms with E-state index in [-0.39, 0.29) is 0 Å². The average molecular weight is 256 g/mol. The zero-order valence-corrected chi connectivity index (χ0v) is 10.5. The quantitative estimate of drug-likeness (QED) is 0.735. The van der Waals surface area contributed by atoms with E-state index in [1.807, 2.05) is 53.4 Å². The van der Waals surface area contributed by atoms with Crippen LogP contribution in [-0.4, -0.2) is 5.11 Å². The van der Waals surface area contributed by atoms with Crippen LogP contribution in [0.3, 0.4) is 0 Å². The van der Waals surface area contributed by atoms with Crippen molar-refractivity contribution in [2.45, 2.75) is 6.54 Å². The lowest BCUT2D eigenvalue weighted by atomic mass is 10.2. The van der Waals surface area contributed by atoms with Gasteiger partial charge < -0.3 is 15.4 Å². The molecule has 2 N–H and O–H groups in total. The Balaban J connectivity index is 2.17.